The van der Waals surface area contributed by atoms with Crippen LogP contribution in [0.1, 0.15) is 19.6 Å². The first-order valence-corrected chi connectivity index (χ1v) is 8.03. The van der Waals surface area contributed by atoms with E-state index in [2.05, 4.69) is 9.97 Å². The van der Waals surface area contributed by atoms with E-state index in [0.717, 1.165) is 37.8 Å². The average molecular weight is 327 g/mol. The van der Waals surface area contributed by atoms with E-state index in [4.69, 9.17) is 8.22 Å². The Hall–Kier alpha value is -3.20. The molecule has 0 saturated carbocycles. The Balaban J connectivity index is 2.06. The molecule has 6 rings (SSSR count). The van der Waals surface area contributed by atoms with Crippen molar-refractivity contribution in [1.82, 2.24) is 14.4 Å². The summed E-state index contributed by atoms with van der Waals surface area (Å²) in [5.74, 6) is 0. The molecule has 0 spiro atoms. The lowest BCUT2D eigenvalue weighted by molar-refractivity contribution is 1.17. The van der Waals surface area contributed by atoms with Gasteiger partial charge in [0.1, 0.15) is 0 Å². The maximum Gasteiger partial charge on any atom is 0.0755 e. The zero-order valence-electron chi connectivity index (χ0n) is 19.0. The highest BCUT2D eigenvalue weighted by Gasteiger charge is 2.21. The summed E-state index contributed by atoms with van der Waals surface area (Å²) < 4.78 is 50.1. The molecule has 0 amide bonds. The molecule has 4 heterocycles. The summed E-state index contributed by atoms with van der Waals surface area (Å²) in [5.41, 5.74) is 1.51. The first-order chi connectivity index (χ1) is 14.7. The number of nitrogens with zero attached hydrogens (tertiary/aromatic N) is 3. The van der Waals surface area contributed by atoms with Crippen molar-refractivity contribution in [2.45, 2.75) is 13.7 Å². The van der Waals surface area contributed by atoms with Gasteiger partial charge in [0.2, 0.25) is 0 Å². The molecule has 118 valence electrons. The molecule has 4 aromatic heterocycles. The molecule has 0 unspecified atom stereocenters. The molecule has 3 nitrogen and oxygen atoms in total. The molecular weight excluding hydrogens is 306 g/mol. The van der Waals surface area contributed by atoms with Crippen molar-refractivity contribution in [3.8, 4) is 0 Å². The fraction of sp³-hybridized carbons (Fsp3) is 0.0909. The van der Waals surface area contributed by atoms with E-state index in [0.29, 0.717) is 11.0 Å². The average Bonchev–Trinajstić information content (AvgIpc) is 3.22. The molecule has 0 aliphatic heterocycles. The Morgan fingerprint density at radius 1 is 0.760 bits per heavy atom. The van der Waals surface area contributed by atoms with Crippen LogP contribution in [0.5, 0.6) is 0 Å². The van der Waals surface area contributed by atoms with Gasteiger partial charge in [-0.3, -0.25) is 9.97 Å². The van der Waals surface area contributed by atoms with E-state index >= 15 is 0 Å². The first kappa shape index (κ1) is 8.77. The molecule has 0 radical (unpaired) electrons. The van der Waals surface area contributed by atoms with Crippen molar-refractivity contribution >= 4 is 48.9 Å². The fourth-order valence-corrected chi connectivity index (χ4v) is 4.16. The van der Waals surface area contributed by atoms with Crippen LogP contribution in [0.15, 0.2) is 54.9 Å². The summed E-state index contributed by atoms with van der Waals surface area (Å²) in [6, 6.07) is 13.5. The minimum atomic E-state index is -2.46. The molecular formula is C22H15N3. The second kappa shape index (κ2) is 4.25. The normalized spacial score (nSPS) is 17.0. The Kier molecular flexibility index (Phi) is 1.49. The molecule has 0 bridgehead atoms. The van der Waals surface area contributed by atoms with E-state index in [1.807, 2.05) is 30.3 Å². The van der Waals surface area contributed by atoms with Crippen molar-refractivity contribution in [2.24, 2.45) is 0 Å². The predicted molar refractivity (Wildman–Crippen MR) is 104 cm³/mol. The van der Waals surface area contributed by atoms with Crippen LogP contribution < -0.4 is 0 Å². The van der Waals surface area contributed by atoms with E-state index in [1.54, 1.807) is 16.5 Å². The predicted octanol–water partition coefficient (Wildman–Crippen LogP) is 5.40. The number of fused-ring (bicyclic) bond motifs is 8. The van der Waals surface area contributed by atoms with Gasteiger partial charge in [-0.1, -0.05) is 24.3 Å². The van der Waals surface area contributed by atoms with Gasteiger partial charge in [-0.05, 0) is 42.7 Å². The molecule has 3 heteroatoms. The van der Waals surface area contributed by atoms with Crippen LogP contribution in [0, 0.1) is 13.7 Å². The lowest BCUT2D eigenvalue weighted by atomic mass is 10.0. The smallest absolute Gasteiger partial charge is 0.0755 e. The van der Waals surface area contributed by atoms with Crippen LogP contribution in [0.25, 0.3) is 48.9 Å². The number of aromatic nitrogens is 3. The molecule has 0 atom stereocenters. The van der Waals surface area contributed by atoms with Gasteiger partial charge in [0.15, 0.2) is 0 Å². The van der Waals surface area contributed by atoms with E-state index in [1.165, 1.54) is 12.4 Å². The monoisotopic (exact) mass is 327 g/mol. The van der Waals surface area contributed by atoms with Gasteiger partial charge >= 0.3 is 0 Å². The van der Waals surface area contributed by atoms with Crippen LogP contribution >= 0.6 is 0 Å². The Labute approximate surface area is 152 Å². The number of hydrogen-bond acceptors (Lipinski definition) is 2. The Bertz CT molecular complexity index is 1660. The second-order valence-corrected chi connectivity index (χ2v) is 6.32. The minimum Gasteiger partial charge on any atom is -0.304 e. The van der Waals surface area contributed by atoms with E-state index in [-0.39, 0.29) is 11.4 Å². The topological polar surface area (TPSA) is 30.2 Å². The van der Waals surface area contributed by atoms with Gasteiger partial charge in [0.05, 0.1) is 27.9 Å². The Morgan fingerprint density at radius 3 is 2.28 bits per heavy atom. The van der Waals surface area contributed by atoms with Gasteiger partial charge < -0.3 is 4.40 Å². The summed E-state index contributed by atoms with van der Waals surface area (Å²) in [7, 11) is 0. The van der Waals surface area contributed by atoms with Crippen molar-refractivity contribution in [1.29, 1.82) is 0 Å². The molecule has 0 aliphatic rings. The maximum atomic E-state index is 8.07. The van der Waals surface area contributed by atoms with Gasteiger partial charge in [-0.25, -0.2) is 0 Å². The molecule has 0 N–H and O–H groups in total. The molecule has 0 aliphatic carbocycles. The van der Waals surface area contributed by atoms with Crippen molar-refractivity contribution in [2.75, 3.05) is 0 Å². The van der Waals surface area contributed by atoms with Crippen molar-refractivity contribution < 1.29 is 8.22 Å². The quantitative estimate of drug-likeness (QED) is 0.374. The number of pyridine rings is 2. The lowest BCUT2D eigenvalue weighted by Crippen LogP contribution is -1.90. The van der Waals surface area contributed by atoms with E-state index < -0.39 is 13.7 Å². The molecule has 6 aromatic rings. The number of aryl methyl sites for hydroxylation is 2. The van der Waals surface area contributed by atoms with Gasteiger partial charge in [-0.2, -0.15) is 0 Å². The van der Waals surface area contributed by atoms with Crippen LogP contribution in [0.2, 0.25) is 0 Å². The van der Waals surface area contributed by atoms with E-state index in [9.17, 15) is 0 Å². The van der Waals surface area contributed by atoms with Crippen molar-refractivity contribution in [3.05, 3.63) is 66.2 Å². The van der Waals surface area contributed by atoms with Gasteiger partial charge in [0.25, 0.3) is 0 Å². The first-order valence-electron chi connectivity index (χ1n) is 11.0. The zero-order chi connectivity index (χ0) is 21.7. The molecule has 0 fully saturated rings. The SMILES string of the molecule is [2H]C([2H])([2H])c1nccc2c3cc4ccccc4c4c5ccnc(C([2H])([2H])[2H])c5n(c12)c34. The van der Waals surface area contributed by atoms with Crippen LogP contribution in [-0.4, -0.2) is 14.4 Å². The van der Waals surface area contributed by atoms with Crippen LogP contribution in [-0.2, 0) is 0 Å². The van der Waals surface area contributed by atoms with Gasteiger partial charge in [0, 0.05) is 42.2 Å². The highest BCUT2D eigenvalue weighted by Crippen LogP contribution is 2.43. The highest BCUT2D eigenvalue weighted by molar-refractivity contribution is 6.31. The maximum absolute atomic E-state index is 8.07. The third-order valence-corrected chi connectivity index (χ3v) is 5.10. The fourth-order valence-electron chi connectivity index (χ4n) is 4.16. The summed E-state index contributed by atoms with van der Waals surface area (Å²) in [6.45, 7) is -4.92. The number of benzene rings is 2. The van der Waals surface area contributed by atoms with Crippen LogP contribution in [0.4, 0.5) is 0 Å². The largest absolute Gasteiger partial charge is 0.304 e. The standard InChI is InChI=1S/C22H15N3/c1-12-20-16(7-9-23-12)18-11-14-5-3-4-6-15(14)19-17-8-10-24-13(2)21(17)25(20)22(18)19/h3-11H,1-2H3/i1D3,2D3. The molecule has 25 heavy (non-hydrogen) atoms. The summed E-state index contributed by atoms with van der Waals surface area (Å²) in [4.78, 5) is 8.40. The summed E-state index contributed by atoms with van der Waals surface area (Å²) in [6.07, 6.45) is 3.00. The van der Waals surface area contributed by atoms with Crippen molar-refractivity contribution in [3.63, 3.8) is 0 Å². The highest BCUT2D eigenvalue weighted by atomic mass is 14.9. The zero-order valence-corrected chi connectivity index (χ0v) is 13.0. The van der Waals surface area contributed by atoms with Gasteiger partial charge in [-0.15, -0.1) is 0 Å². The molecule has 2 aromatic carbocycles. The third-order valence-electron chi connectivity index (χ3n) is 5.10. The Morgan fingerprint density at radius 2 is 1.48 bits per heavy atom. The second-order valence-electron chi connectivity index (χ2n) is 6.32. The van der Waals surface area contributed by atoms with Crippen LogP contribution in [0.3, 0.4) is 0 Å². The number of hydrogen-bond donors (Lipinski definition) is 0. The minimum absolute atomic E-state index is 0.0515. The molecule has 0 saturated heterocycles. The number of rotatable bonds is 0. The third kappa shape index (κ3) is 1.43. The summed E-state index contributed by atoms with van der Waals surface area (Å²) >= 11 is 0. The lowest BCUT2D eigenvalue weighted by Gasteiger charge is -2.03. The summed E-state index contributed by atoms with van der Waals surface area (Å²) in [5, 5.41) is 5.20.